The Morgan fingerprint density at radius 3 is 2.83 bits per heavy atom. The number of aliphatic carboxylic acids is 1. The maximum Gasteiger partial charge on any atom is 0.320 e. The molecule has 1 fully saturated rings. The monoisotopic (exact) mass is 249 g/mol. The molecule has 3 nitrogen and oxygen atoms in total. The van der Waals surface area contributed by atoms with E-state index < -0.39 is 12.0 Å². The van der Waals surface area contributed by atoms with Gasteiger partial charge in [-0.25, -0.2) is 4.39 Å². The molecule has 0 saturated heterocycles. The predicted octanol–water partition coefficient (Wildman–Crippen LogP) is 2.27. The molecule has 2 aliphatic carbocycles. The SMILES string of the molecule is O=C(O)C(NC1CCc2c(F)cccc21)C1CC1. The average Bonchev–Trinajstić information content (AvgIpc) is 3.08. The van der Waals surface area contributed by atoms with E-state index in [-0.39, 0.29) is 17.8 Å². The summed E-state index contributed by atoms with van der Waals surface area (Å²) in [5.41, 5.74) is 1.68. The molecular weight excluding hydrogens is 233 g/mol. The summed E-state index contributed by atoms with van der Waals surface area (Å²) in [4.78, 5) is 11.2. The highest BCUT2D eigenvalue weighted by molar-refractivity contribution is 5.74. The lowest BCUT2D eigenvalue weighted by molar-refractivity contribution is -0.140. The number of rotatable bonds is 4. The first kappa shape index (κ1) is 11.7. The number of carboxylic acids is 1. The van der Waals surface area contributed by atoms with E-state index in [4.69, 9.17) is 0 Å². The van der Waals surface area contributed by atoms with Crippen LogP contribution in [0.2, 0.25) is 0 Å². The van der Waals surface area contributed by atoms with Crippen molar-refractivity contribution in [1.29, 1.82) is 0 Å². The Morgan fingerprint density at radius 1 is 1.39 bits per heavy atom. The van der Waals surface area contributed by atoms with Gasteiger partial charge in [-0.05, 0) is 48.8 Å². The van der Waals surface area contributed by atoms with Crippen molar-refractivity contribution in [3.63, 3.8) is 0 Å². The normalized spacial score (nSPS) is 23.7. The van der Waals surface area contributed by atoms with Gasteiger partial charge in [0.1, 0.15) is 11.9 Å². The van der Waals surface area contributed by atoms with E-state index in [9.17, 15) is 14.3 Å². The Bertz CT molecular complexity index is 485. The van der Waals surface area contributed by atoms with Gasteiger partial charge < -0.3 is 5.11 Å². The highest BCUT2D eigenvalue weighted by Crippen LogP contribution is 2.37. The Kier molecular flexibility index (Phi) is 2.82. The molecule has 0 radical (unpaired) electrons. The summed E-state index contributed by atoms with van der Waals surface area (Å²) in [6.07, 6.45) is 3.43. The maximum atomic E-state index is 13.6. The number of hydrogen-bond donors (Lipinski definition) is 2. The molecule has 2 atom stereocenters. The zero-order chi connectivity index (χ0) is 12.7. The molecule has 2 N–H and O–H groups in total. The van der Waals surface area contributed by atoms with Crippen molar-refractivity contribution in [2.75, 3.05) is 0 Å². The van der Waals surface area contributed by atoms with Gasteiger partial charge in [-0.3, -0.25) is 10.1 Å². The minimum absolute atomic E-state index is 0.0163. The lowest BCUT2D eigenvalue weighted by Crippen LogP contribution is -2.40. The van der Waals surface area contributed by atoms with E-state index in [1.807, 2.05) is 6.07 Å². The van der Waals surface area contributed by atoms with Crippen LogP contribution >= 0.6 is 0 Å². The number of fused-ring (bicyclic) bond motifs is 1. The summed E-state index contributed by atoms with van der Waals surface area (Å²) in [5.74, 6) is -0.711. The van der Waals surface area contributed by atoms with Crippen molar-refractivity contribution in [1.82, 2.24) is 5.32 Å². The quantitative estimate of drug-likeness (QED) is 0.860. The third-order valence-electron chi connectivity index (χ3n) is 3.95. The van der Waals surface area contributed by atoms with E-state index in [2.05, 4.69) is 5.32 Å². The van der Waals surface area contributed by atoms with E-state index in [1.54, 1.807) is 6.07 Å². The van der Waals surface area contributed by atoms with E-state index in [0.29, 0.717) is 6.42 Å². The Labute approximate surface area is 105 Å². The largest absolute Gasteiger partial charge is 0.480 e. The molecule has 0 heterocycles. The number of carbonyl (C=O) groups is 1. The van der Waals surface area contributed by atoms with Crippen LogP contribution in [0, 0.1) is 11.7 Å². The second-order valence-corrected chi connectivity index (χ2v) is 5.22. The van der Waals surface area contributed by atoms with Crippen LogP contribution in [0.3, 0.4) is 0 Å². The first-order chi connectivity index (χ1) is 8.66. The van der Waals surface area contributed by atoms with Crippen molar-refractivity contribution in [3.8, 4) is 0 Å². The van der Waals surface area contributed by atoms with Crippen LogP contribution < -0.4 is 5.32 Å². The van der Waals surface area contributed by atoms with Gasteiger partial charge in [-0.1, -0.05) is 12.1 Å². The molecule has 2 unspecified atom stereocenters. The summed E-state index contributed by atoms with van der Waals surface area (Å²) < 4.78 is 13.6. The van der Waals surface area contributed by atoms with Crippen molar-refractivity contribution < 1.29 is 14.3 Å². The Balaban J connectivity index is 1.79. The van der Waals surface area contributed by atoms with Gasteiger partial charge in [0.2, 0.25) is 0 Å². The standard InChI is InChI=1S/C14H16FNO2/c15-11-3-1-2-10-9(11)6-7-12(10)16-13(14(17)18)8-4-5-8/h1-3,8,12-13,16H,4-7H2,(H,17,18). The predicted molar refractivity (Wildman–Crippen MR) is 64.7 cm³/mol. The van der Waals surface area contributed by atoms with Gasteiger partial charge in [0.25, 0.3) is 0 Å². The van der Waals surface area contributed by atoms with Gasteiger partial charge in [0, 0.05) is 6.04 Å². The van der Waals surface area contributed by atoms with Gasteiger partial charge in [0.05, 0.1) is 0 Å². The van der Waals surface area contributed by atoms with Crippen LogP contribution in [0.5, 0.6) is 0 Å². The van der Waals surface area contributed by atoms with Gasteiger partial charge >= 0.3 is 5.97 Å². The van der Waals surface area contributed by atoms with Crippen LogP contribution in [-0.2, 0) is 11.2 Å². The van der Waals surface area contributed by atoms with Crippen LogP contribution in [0.4, 0.5) is 4.39 Å². The molecular formula is C14H16FNO2. The second kappa shape index (κ2) is 4.35. The fraction of sp³-hybridized carbons (Fsp3) is 0.500. The number of nitrogens with one attached hydrogen (secondary N) is 1. The highest BCUT2D eigenvalue weighted by Gasteiger charge is 2.38. The Morgan fingerprint density at radius 2 is 2.17 bits per heavy atom. The third-order valence-corrected chi connectivity index (χ3v) is 3.95. The van der Waals surface area contributed by atoms with Crippen molar-refractivity contribution >= 4 is 5.97 Å². The molecule has 1 aromatic rings. The first-order valence-corrected chi connectivity index (χ1v) is 6.43. The first-order valence-electron chi connectivity index (χ1n) is 6.43. The average molecular weight is 249 g/mol. The minimum atomic E-state index is -0.789. The van der Waals surface area contributed by atoms with Crippen LogP contribution in [0.25, 0.3) is 0 Å². The maximum absolute atomic E-state index is 13.6. The molecule has 0 bridgehead atoms. The third kappa shape index (κ3) is 2.01. The van der Waals surface area contributed by atoms with Gasteiger partial charge in [-0.15, -0.1) is 0 Å². The topological polar surface area (TPSA) is 49.3 Å². The lowest BCUT2D eigenvalue weighted by atomic mass is 10.1. The molecule has 3 rings (SSSR count). The highest BCUT2D eigenvalue weighted by atomic mass is 19.1. The molecule has 4 heteroatoms. The van der Waals surface area contributed by atoms with E-state index in [1.165, 1.54) is 6.07 Å². The second-order valence-electron chi connectivity index (χ2n) is 5.22. The summed E-state index contributed by atoms with van der Waals surface area (Å²) in [6, 6.07) is 4.56. The van der Waals surface area contributed by atoms with Crippen molar-refractivity contribution in [2.45, 2.75) is 37.8 Å². The smallest absolute Gasteiger partial charge is 0.320 e. The molecule has 1 saturated carbocycles. The zero-order valence-corrected chi connectivity index (χ0v) is 10.0. The summed E-state index contributed by atoms with van der Waals surface area (Å²) in [7, 11) is 0. The van der Waals surface area contributed by atoms with E-state index in [0.717, 1.165) is 30.4 Å². The lowest BCUT2D eigenvalue weighted by Gasteiger charge is -2.20. The molecule has 0 aliphatic heterocycles. The number of hydrogen-bond acceptors (Lipinski definition) is 2. The van der Waals surface area contributed by atoms with Crippen LogP contribution in [0.1, 0.15) is 36.4 Å². The minimum Gasteiger partial charge on any atom is -0.480 e. The zero-order valence-electron chi connectivity index (χ0n) is 10.0. The molecule has 1 aromatic carbocycles. The summed E-state index contributed by atoms with van der Waals surface area (Å²) in [6.45, 7) is 0. The van der Waals surface area contributed by atoms with E-state index >= 15 is 0 Å². The molecule has 2 aliphatic rings. The molecule has 96 valence electrons. The molecule has 0 aromatic heterocycles. The fourth-order valence-corrected chi connectivity index (χ4v) is 2.84. The van der Waals surface area contributed by atoms with Crippen molar-refractivity contribution in [3.05, 3.63) is 35.1 Å². The molecule has 0 spiro atoms. The molecule has 18 heavy (non-hydrogen) atoms. The number of benzene rings is 1. The Hall–Kier alpha value is -1.42. The van der Waals surface area contributed by atoms with Gasteiger partial charge in [-0.2, -0.15) is 0 Å². The summed E-state index contributed by atoms with van der Waals surface area (Å²) >= 11 is 0. The number of carboxylic acid groups (broad SMARTS) is 1. The van der Waals surface area contributed by atoms with Crippen LogP contribution in [0.15, 0.2) is 18.2 Å². The summed E-state index contributed by atoms with van der Waals surface area (Å²) in [5, 5.41) is 12.4. The van der Waals surface area contributed by atoms with Crippen LogP contribution in [-0.4, -0.2) is 17.1 Å². The fourth-order valence-electron chi connectivity index (χ4n) is 2.84. The number of halogens is 1. The van der Waals surface area contributed by atoms with Crippen molar-refractivity contribution in [2.24, 2.45) is 5.92 Å². The van der Waals surface area contributed by atoms with Gasteiger partial charge in [0.15, 0.2) is 0 Å². The molecule has 0 amide bonds.